The van der Waals surface area contributed by atoms with Crippen LogP contribution in [0.1, 0.15) is 143 Å². The predicted molar refractivity (Wildman–Crippen MR) is 204 cm³/mol. The molecule has 0 aliphatic heterocycles. The summed E-state index contributed by atoms with van der Waals surface area (Å²) in [4.78, 5) is 25.2. The van der Waals surface area contributed by atoms with Gasteiger partial charge in [0.05, 0.1) is 11.9 Å². The fourth-order valence-electron chi connectivity index (χ4n) is 11.0. The molecule has 4 aliphatic rings. The summed E-state index contributed by atoms with van der Waals surface area (Å²) in [6.45, 7) is 9.04. The number of carbonyl (C=O) groups is 2. The first-order valence-corrected chi connectivity index (χ1v) is 21.9. The normalized spacial score (nSPS) is 34.4. The second-order valence-electron chi connectivity index (χ2n) is 16.9. The Morgan fingerprint density at radius 1 is 0.902 bits per heavy atom. The molecule has 4 saturated carbocycles. The van der Waals surface area contributed by atoms with Crippen LogP contribution in [0.4, 0.5) is 0 Å². The van der Waals surface area contributed by atoms with Crippen molar-refractivity contribution in [3.63, 3.8) is 0 Å². The molecule has 0 aromatic heterocycles. The van der Waals surface area contributed by atoms with Crippen LogP contribution in [-0.2, 0) is 24.4 Å². The van der Waals surface area contributed by atoms with E-state index in [-0.39, 0.29) is 47.4 Å². The first-order valence-electron chi connectivity index (χ1n) is 20.3. The first kappa shape index (κ1) is 41.8. The van der Waals surface area contributed by atoms with Crippen LogP contribution in [0.3, 0.4) is 0 Å². The number of aliphatic hydroxyl groups excluding tert-OH is 1. The number of rotatable bonds is 19. The highest BCUT2D eigenvalue weighted by atomic mass is 32.2. The molecule has 3 N–H and O–H groups in total. The number of nitrogens with one attached hydrogen (secondary N) is 1. The Bertz CT molecular complexity index is 1330. The molecule has 0 saturated heterocycles. The van der Waals surface area contributed by atoms with Crippen molar-refractivity contribution in [1.29, 1.82) is 0 Å². The van der Waals surface area contributed by atoms with Crippen LogP contribution in [-0.4, -0.2) is 54.5 Å². The minimum atomic E-state index is -4.10. The number of ether oxygens (including phenoxy) is 1. The highest BCUT2D eigenvalue weighted by Gasteiger charge is 2.63. The Morgan fingerprint density at radius 2 is 1.63 bits per heavy atom. The monoisotopic (exact) mass is 731 g/mol. The minimum Gasteiger partial charge on any atom is -0.462 e. The van der Waals surface area contributed by atoms with Crippen LogP contribution >= 0.6 is 0 Å². The molecule has 4 rings (SSSR count). The zero-order valence-corrected chi connectivity index (χ0v) is 32.9. The van der Waals surface area contributed by atoms with Gasteiger partial charge >= 0.3 is 5.97 Å². The molecule has 290 valence electrons. The van der Waals surface area contributed by atoms with E-state index >= 15 is 0 Å². The molecule has 9 heteroatoms. The van der Waals surface area contributed by atoms with Crippen LogP contribution in [0.5, 0.6) is 0 Å². The predicted octanol–water partition coefficient (Wildman–Crippen LogP) is 8.76. The molecule has 10 atom stereocenters. The average molecular weight is 732 g/mol. The SMILES string of the molecule is CC/C=C\C/C=C\C/C=C\CCCCCC(=O)OC1CCC2(C)C(CCC3C2CC(O)C2(C)C(C(C)CCC(=O)NCCS(=O)(=O)O)CCC32)C1. The maximum Gasteiger partial charge on any atom is 0.306 e. The molecular weight excluding hydrogens is 663 g/mol. The zero-order valence-electron chi connectivity index (χ0n) is 32.1. The summed E-state index contributed by atoms with van der Waals surface area (Å²) < 4.78 is 36.9. The topological polar surface area (TPSA) is 130 Å². The van der Waals surface area contributed by atoms with Gasteiger partial charge in [-0.1, -0.05) is 70.6 Å². The van der Waals surface area contributed by atoms with E-state index in [0.29, 0.717) is 48.9 Å². The summed E-state index contributed by atoms with van der Waals surface area (Å²) in [5.41, 5.74) is -0.00940. The largest absolute Gasteiger partial charge is 0.462 e. The standard InChI is InChI=1S/C42H69NO7S/c1-5-6-7-8-9-10-11-12-13-14-15-16-17-18-40(46)50-33-25-26-41(3)32(29-33)20-21-34-36-23-22-35(42(36,4)38(44)30-37(34)41)31(2)19-24-39(45)43-27-28-51(47,48)49/h6-7,9-10,12-13,31-38,44H,5,8,11,14-30H2,1-4H3,(H,43,45)(H,47,48,49)/b7-6-,10-9-,13-12-. The van der Waals surface area contributed by atoms with Crippen molar-refractivity contribution in [2.45, 2.75) is 155 Å². The van der Waals surface area contributed by atoms with Gasteiger partial charge in [0.2, 0.25) is 5.91 Å². The van der Waals surface area contributed by atoms with E-state index in [1.54, 1.807) is 0 Å². The first-order chi connectivity index (χ1) is 24.3. The van der Waals surface area contributed by atoms with Gasteiger partial charge in [-0.3, -0.25) is 14.1 Å². The Kier molecular flexibility index (Phi) is 15.9. The second kappa shape index (κ2) is 19.4. The molecule has 0 bridgehead atoms. The lowest BCUT2D eigenvalue weighted by atomic mass is 9.43. The Hall–Kier alpha value is -1.97. The number of carbonyl (C=O) groups excluding carboxylic acids is 2. The molecular formula is C42H69NO7S. The third-order valence-corrected chi connectivity index (χ3v) is 14.5. The van der Waals surface area contributed by atoms with Gasteiger partial charge in [0.1, 0.15) is 6.10 Å². The fraction of sp³-hybridized carbons (Fsp3) is 0.810. The lowest BCUT2D eigenvalue weighted by Gasteiger charge is -2.62. The number of amides is 1. The van der Waals surface area contributed by atoms with Gasteiger partial charge in [0.25, 0.3) is 10.1 Å². The van der Waals surface area contributed by atoms with Crippen molar-refractivity contribution in [2.75, 3.05) is 12.3 Å². The van der Waals surface area contributed by atoms with E-state index in [1.807, 2.05) is 0 Å². The summed E-state index contributed by atoms with van der Waals surface area (Å²) in [6.07, 6.45) is 29.9. The Balaban J connectivity index is 1.19. The third kappa shape index (κ3) is 11.3. The number of fused-ring (bicyclic) bond motifs is 5. The van der Waals surface area contributed by atoms with Gasteiger partial charge in [-0.25, -0.2) is 0 Å². The molecule has 0 aromatic rings. The molecule has 4 aliphatic carbocycles. The van der Waals surface area contributed by atoms with E-state index in [0.717, 1.165) is 89.9 Å². The van der Waals surface area contributed by atoms with Gasteiger partial charge < -0.3 is 15.2 Å². The maximum absolute atomic E-state index is 12.8. The van der Waals surface area contributed by atoms with Gasteiger partial charge in [0.15, 0.2) is 0 Å². The van der Waals surface area contributed by atoms with E-state index in [2.05, 4.69) is 69.5 Å². The summed E-state index contributed by atoms with van der Waals surface area (Å²) in [5.74, 6) is 1.96. The van der Waals surface area contributed by atoms with E-state index in [4.69, 9.17) is 9.29 Å². The average Bonchev–Trinajstić information content (AvgIpc) is 3.44. The number of unbranched alkanes of at least 4 members (excludes halogenated alkanes) is 3. The Morgan fingerprint density at radius 3 is 2.35 bits per heavy atom. The maximum atomic E-state index is 12.8. The molecule has 8 nitrogen and oxygen atoms in total. The number of allylic oxidation sites excluding steroid dienone is 6. The molecule has 0 radical (unpaired) electrons. The molecule has 51 heavy (non-hydrogen) atoms. The van der Waals surface area contributed by atoms with Crippen molar-refractivity contribution in [3.8, 4) is 0 Å². The number of hydrogen-bond acceptors (Lipinski definition) is 6. The number of hydrogen-bond donors (Lipinski definition) is 3. The van der Waals surface area contributed by atoms with E-state index in [9.17, 15) is 23.1 Å². The molecule has 4 fully saturated rings. The van der Waals surface area contributed by atoms with Gasteiger partial charge in [-0.15, -0.1) is 0 Å². The quantitative estimate of drug-likeness (QED) is 0.0524. The highest BCUT2D eigenvalue weighted by Crippen LogP contribution is 2.68. The highest BCUT2D eigenvalue weighted by molar-refractivity contribution is 7.85. The van der Waals surface area contributed by atoms with Crippen LogP contribution in [0.2, 0.25) is 0 Å². The van der Waals surface area contributed by atoms with Crippen molar-refractivity contribution in [3.05, 3.63) is 36.5 Å². The fourth-order valence-corrected chi connectivity index (χ4v) is 11.4. The Labute approximate surface area is 309 Å². The van der Waals surface area contributed by atoms with E-state index in [1.165, 1.54) is 6.42 Å². The number of esters is 1. The molecule has 10 unspecified atom stereocenters. The molecule has 0 aromatic carbocycles. The lowest BCUT2D eigenvalue weighted by Crippen LogP contribution is -2.59. The smallest absolute Gasteiger partial charge is 0.306 e. The molecule has 0 heterocycles. The van der Waals surface area contributed by atoms with Gasteiger partial charge in [-0.05, 0) is 143 Å². The molecule has 1 amide bonds. The number of aliphatic hydroxyl groups is 1. The summed E-state index contributed by atoms with van der Waals surface area (Å²) >= 11 is 0. The molecule has 0 spiro atoms. The van der Waals surface area contributed by atoms with E-state index < -0.39 is 15.9 Å². The summed E-state index contributed by atoms with van der Waals surface area (Å²) in [5, 5.41) is 14.5. The lowest BCUT2D eigenvalue weighted by molar-refractivity contribution is -0.181. The third-order valence-electron chi connectivity index (χ3n) is 13.8. The van der Waals surface area contributed by atoms with Crippen molar-refractivity contribution < 1.29 is 32.4 Å². The van der Waals surface area contributed by atoms with Crippen LogP contribution in [0.25, 0.3) is 0 Å². The van der Waals surface area contributed by atoms with Gasteiger partial charge in [-0.2, -0.15) is 8.42 Å². The van der Waals surface area contributed by atoms with Crippen molar-refractivity contribution in [1.82, 2.24) is 5.32 Å². The van der Waals surface area contributed by atoms with Crippen LogP contribution in [0, 0.1) is 46.3 Å². The summed E-state index contributed by atoms with van der Waals surface area (Å²) in [6, 6.07) is 0. The van der Waals surface area contributed by atoms with Crippen molar-refractivity contribution >= 4 is 22.0 Å². The van der Waals surface area contributed by atoms with Crippen LogP contribution < -0.4 is 5.32 Å². The summed E-state index contributed by atoms with van der Waals surface area (Å²) in [7, 11) is -4.10. The minimum absolute atomic E-state index is 0.0151. The van der Waals surface area contributed by atoms with Crippen LogP contribution in [0.15, 0.2) is 36.5 Å². The zero-order chi connectivity index (χ0) is 37.1. The van der Waals surface area contributed by atoms with Gasteiger partial charge in [0, 0.05) is 19.4 Å². The van der Waals surface area contributed by atoms with Crippen molar-refractivity contribution in [2.24, 2.45) is 46.3 Å². The second-order valence-corrected chi connectivity index (χ2v) is 18.5.